The number of hydrogen-bond acceptors (Lipinski definition) is 0. The molecule has 4 aromatic carbocycles. The number of aryl methyl sites for hydroxylation is 2. The Hall–Kier alpha value is -3.39. The van der Waals surface area contributed by atoms with Gasteiger partial charge in [-0.25, -0.2) is 10.3 Å². The van der Waals surface area contributed by atoms with Crippen LogP contribution in [0, 0.1) is 13.8 Å². The largest absolute Gasteiger partial charge is 0.285 e. The maximum absolute atomic E-state index is 3.56. The topological polar surface area (TPSA) is 26.0 Å². The molecule has 0 saturated carbocycles. The highest BCUT2D eigenvalue weighted by atomic mass is 15.0. The van der Waals surface area contributed by atoms with Crippen molar-refractivity contribution in [1.82, 2.24) is 0 Å². The Morgan fingerprint density at radius 2 is 1.30 bits per heavy atom. The van der Waals surface area contributed by atoms with E-state index in [9.17, 15) is 0 Å². The molecule has 0 amide bonds. The standard InChI is InChI=1S/C25H22N2/c1-18-7-13-23(14-8-18)26-25(27-24-15-9-19(2)10-16-24)22-12-11-20-5-3-4-6-21(20)17-22/h3-17H,1-2H3,(H,26,27)/p+1. The molecule has 0 aliphatic carbocycles. The molecule has 0 atom stereocenters. The summed E-state index contributed by atoms with van der Waals surface area (Å²) in [5.41, 5.74) is 5.74. The Kier molecular flexibility index (Phi) is 4.71. The average Bonchev–Trinajstić information content (AvgIpc) is 2.70. The number of anilines is 1. The van der Waals surface area contributed by atoms with Crippen molar-refractivity contribution in [3.63, 3.8) is 0 Å². The third kappa shape index (κ3) is 4.06. The van der Waals surface area contributed by atoms with E-state index in [0.29, 0.717) is 0 Å². The summed E-state index contributed by atoms with van der Waals surface area (Å²) >= 11 is 0. The molecular formula is C25H23N2+. The van der Waals surface area contributed by atoms with Gasteiger partial charge in [0.05, 0.1) is 5.56 Å². The Morgan fingerprint density at radius 1 is 0.667 bits per heavy atom. The molecule has 4 rings (SSSR count). The summed E-state index contributed by atoms with van der Waals surface area (Å²) in [6.45, 7) is 4.20. The van der Waals surface area contributed by atoms with Crippen LogP contribution in [0.15, 0.2) is 91.0 Å². The number of rotatable bonds is 3. The van der Waals surface area contributed by atoms with Crippen molar-refractivity contribution in [2.45, 2.75) is 13.8 Å². The molecule has 0 bridgehead atoms. The van der Waals surface area contributed by atoms with Gasteiger partial charge in [0.2, 0.25) is 0 Å². The maximum Gasteiger partial charge on any atom is 0.285 e. The summed E-state index contributed by atoms with van der Waals surface area (Å²) in [5, 5.41) is 6.02. The van der Waals surface area contributed by atoms with Crippen molar-refractivity contribution >= 4 is 28.0 Å². The van der Waals surface area contributed by atoms with Crippen molar-refractivity contribution in [2.24, 2.45) is 0 Å². The molecule has 0 spiro atoms. The van der Waals surface area contributed by atoms with Gasteiger partial charge in [-0.15, -0.1) is 0 Å². The first-order chi connectivity index (χ1) is 13.2. The fourth-order valence-corrected chi connectivity index (χ4v) is 3.08. The Morgan fingerprint density at radius 3 is 2.00 bits per heavy atom. The van der Waals surface area contributed by atoms with Gasteiger partial charge in [0.15, 0.2) is 0 Å². The molecule has 0 radical (unpaired) electrons. The summed E-state index contributed by atoms with van der Waals surface area (Å²) in [6, 6.07) is 31.9. The fraction of sp³-hybridized carbons (Fsp3) is 0.0800. The second-order valence-electron chi connectivity index (χ2n) is 6.92. The molecule has 0 saturated heterocycles. The van der Waals surface area contributed by atoms with E-state index >= 15 is 0 Å². The molecule has 0 aliphatic rings. The quantitative estimate of drug-likeness (QED) is 0.405. The predicted octanol–water partition coefficient (Wildman–Crippen LogP) is 4.73. The second kappa shape index (κ2) is 7.46. The third-order valence-electron chi connectivity index (χ3n) is 4.68. The highest BCUT2D eigenvalue weighted by molar-refractivity contribution is 6.06. The monoisotopic (exact) mass is 351 g/mol. The highest BCUT2D eigenvalue weighted by Crippen LogP contribution is 2.17. The van der Waals surface area contributed by atoms with E-state index in [1.54, 1.807) is 0 Å². The van der Waals surface area contributed by atoms with Crippen LogP contribution in [0.2, 0.25) is 0 Å². The Balaban J connectivity index is 1.78. The van der Waals surface area contributed by atoms with Crippen LogP contribution in [-0.4, -0.2) is 5.84 Å². The van der Waals surface area contributed by atoms with Crippen molar-refractivity contribution in [3.8, 4) is 0 Å². The van der Waals surface area contributed by atoms with E-state index in [-0.39, 0.29) is 0 Å². The van der Waals surface area contributed by atoms with Crippen molar-refractivity contribution in [2.75, 3.05) is 5.32 Å². The lowest BCUT2D eigenvalue weighted by Crippen LogP contribution is -2.68. The van der Waals surface area contributed by atoms with Gasteiger partial charge in [-0.2, -0.15) is 0 Å². The molecule has 132 valence electrons. The molecule has 2 heteroatoms. The molecular weight excluding hydrogens is 328 g/mol. The second-order valence-corrected chi connectivity index (χ2v) is 6.92. The third-order valence-corrected chi connectivity index (χ3v) is 4.68. The molecule has 0 aliphatic heterocycles. The normalized spacial score (nSPS) is 11.6. The minimum absolute atomic E-state index is 0.966. The Labute approximate surface area is 160 Å². The lowest BCUT2D eigenvalue weighted by molar-refractivity contribution is -0.352. The minimum Gasteiger partial charge on any atom is -0.240 e. The summed E-state index contributed by atoms with van der Waals surface area (Å²) in [6.07, 6.45) is 0. The summed E-state index contributed by atoms with van der Waals surface area (Å²) in [4.78, 5) is 3.56. The summed E-state index contributed by atoms with van der Waals surface area (Å²) in [5.74, 6) is 0.966. The Bertz CT molecular complexity index is 1090. The van der Waals surface area contributed by atoms with Crippen LogP contribution in [0.5, 0.6) is 0 Å². The molecule has 0 heterocycles. The van der Waals surface area contributed by atoms with E-state index in [4.69, 9.17) is 0 Å². The zero-order chi connectivity index (χ0) is 18.6. The summed E-state index contributed by atoms with van der Waals surface area (Å²) < 4.78 is 0. The van der Waals surface area contributed by atoms with Gasteiger partial charge >= 0.3 is 0 Å². The van der Waals surface area contributed by atoms with Crippen molar-refractivity contribution in [3.05, 3.63) is 108 Å². The van der Waals surface area contributed by atoms with Gasteiger partial charge in [0.1, 0.15) is 11.4 Å². The smallest absolute Gasteiger partial charge is 0.240 e. The number of amidine groups is 1. The van der Waals surface area contributed by atoms with Gasteiger partial charge < -0.3 is 0 Å². The van der Waals surface area contributed by atoms with Crippen LogP contribution < -0.4 is 10.3 Å². The van der Waals surface area contributed by atoms with Crippen molar-refractivity contribution in [1.29, 1.82) is 0 Å². The van der Waals surface area contributed by atoms with E-state index < -0.39 is 0 Å². The van der Waals surface area contributed by atoms with E-state index in [1.807, 2.05) is 0 Å². The first kappa shape index (κ1) is 17.0. The fourth-order valence-electron chi connectivity index (χ4n) is 3.08. The SMILES string of the molecule is Cc1ccc(NC(=[NH+]c2ccc(C)cc2)c2ccc3ccccc3c2)cc1. The van der Waals surface area contributed by atoms with Gasteiger partial charge in [0.25, 0.3) is 5.84 Å². The number of fused-ring (bicyclic) bond motifs is 1. The molecule has 0 aromatic heterocycles. The maximum atomic E-state index is 3.56. The molecule has 2 N–H and O–H groups in total. The van der Waals surface area contributed by atoms with Crippen LogP contribution in [0.3, 0.4) is 0 Å². The molecule has 27 heavy (non-hydrogen) atoms. The molecule has 4 aromatic rings. The lowest BCUT2D eigenvalue weighted by Gasteiger charge is -2.06. The van der Waals surface area contributed by atoms with Crippen LogP contribution in [0.4, 0.5) is 11.4 Å². The minimum atomic E-state index is 0.966. The van der Waals surface area contributed by atoms with E-state index in [1.165, 1.54) is 21.9 Å². The van der Waals surface area contributed by atoms with Crippen LogP contribution >= 0.6 is 0 Å². The number of benzene rings is 4. The zero-order valence-electron chi connectivity index (χ0n) is 15.7. The van der Waals surface area contributed by atoms with Crippen LogP contribution in [0.1, 0.15) is 16.7 Å². The van der Waals surface area contributed by atoms with Gasteiger partial charge in [0, 0.05) is 0 Å². The van der Waals surface area contributed by atoms with Crippen molar-refractivity contribution < 1.29 is 4.99 Å². The number of nitrogens with one attached hydrogen (secondary N) is 2. The zero-order valence-corrected chi connectivity index (χ0v) is 15.7. The van der Waals surface area contributed by atoms with E-state index in [2.05, 4.69) is 115 Å². The molecule has 0 fully saturated rings. The van der Waals surface area contributed by atoms with Gasteiger partial charge in [-0.05, 0) is 61.0 Å². The van der Waals surface area contributed by atoms with E-state index in [0.717, 1.165) is 22.8 Å². The van der Waals surface area contributed by atoms with Gasteiger partial charge in [-0.1, -0.05) is 65.7 Å². The molecule has 2 nitrogen and oxygen atoms in total. The predicted molar refractivity (Wildman–Crippen MR) is 115 cm³/mol. The average molecular weight is 351 g/mol. The lowest BCUT2D eigenvalue weighted by atomic mass is 10.1. The summed E-state index contributed by atoms with van der Waals surface area (Å²) in [7, 11) is 0. The van der Waals surface area contributed by atoms with Gasteiger partial charge in [-0.3, -0.25) is 0 Å². The first-order valence-corrected chi connectivity index (χ1v) is 9.21. The number of hydrogen-bond donors (Lipinski definition) is 2. The first-order valence-electron chi connectivity index (χ1n) is 9.21. The molecule has 0 unspecified atom stereocenters. The highest BCUT2D eigenvalue weighted by Gasteiger charge is 2.13. The van der Waals surface area contributed by atoms with Crippen LogP contribution in [0.25, 0.3) is 10.8 Å². The van der Waals surface area contributed by atoms with Crippen LogP contribution in [-0.2, 0) is 0 Å².